The summed E-state index contributed by atoms with van der Waals surface area (Å²) in [5.41, 5.74) is -0.119. The zero-order valence-corrected chi connectivity index (χ0v) is 8.81. The molecule has 0 fully saturated rings. The van der Waals surface area contributed by atoms with Gasteiger partial charge in [0.1, 0.15) is 5.15 Å². The zero-order valence-electron chi connectivity index (χ0n) is 8.05. The number of hydrogen-bond acceptors (Lipinski definition) is 4. The second-order valence-electron chi connectivity index (χ2n) is 3.06. The van der Waals surface area contributed by atoms with Crippen LogP contribution in [-0.4, -0.2) is 19.7 Å². The molecule has 0 saturated carbocycles. The summed E-state index contributed by atoms with van der Waals surface area (Å²) >= 11 is 5.57. The number of halogens is 1. The predicted octanol–water partition coefficient (Wildman–Crippen LogP) is 0.0283. The largest absolute Gasteiger partial charge is 0.268 e. The van der Waals surface area contributed by atoms with Crippen LogP contribution in [0.4, 0.5) is 0 Å². The van der Waals surface area contributed by atoms with Crippen molar-refractivity contribution in [3.8, 4) is 0 Å². The fourth-order valence-electron chi connectivity index (χ4n) is 1.16. The van der Waals surface area contributed by atoms with Crippen LogP contribution in [0.5, 0.6) is 0 Å². The van der Waals surface area contributed by atoms with Gasteiger partial charge in [0.2, 0.25) is 0 Å². The van der Waals surface area contributed by atoms with Crippen molar-refractivity contribution in [1.29, 1.82) is 0 Å². The highest BCUT2D eigenvalue weighted by Gasteiger charge is 2.00. The van der Waals surface area contributed by atoms with E-state index in [-0.39, 0.29) is 22.8 Å². The molecule has 0 aliphatic carbocycles. The van der Waals surface area contributed by atoms with Crippen molar-refractivity contribution in [3.05, 3.63) is 56.1 Å². The van der Waals surface area contributed by atoms with Crippen molar-refractivity contribution in [2.24, 2.45) is 0 Å². The molecule has 2 aromatic rings. The summed E-state index contributed by atoms with van der Waals surface area (Å²) in [5.74, 6) is 0. The molecular weight excluding hydrogens is 232 g/mol. The lowest BCUT2D eigenvalue weighted by Gasteiger charge is -2.03. The topological polar surface area (TPSA) is 80.6 Å². The Bertz CT molecular complexity index is 602. The highest BCUT2D eigenvalue weighted by molar-refractivity contribution is 6.29. The lowest BCUT2D eigenvalue weighted by Crippen LogP contribution is -2.28. The van der Waals surface area contributed by atoms with E-state index in [1.807, 2.05) is 0 Å². The Morgan fingerprint density at radius 1 is 1.25 bits per heavy atom. The number of nitrogens with one attached hydrogen (secondary N) is 1. The Kier molecular flexibility index (Phi) is 2.82. The summed E-state index contributed by atoms with van der Waals surface area (Å²) in [7, 11) is 0. The first-order chi connectivity index (χ1) is 7.65. The average Bonchev–Trinajstić information content (AvgIpc) is 2.27. The molecule has 2 rings (SSSR count). The summed E-state index contributed by atoms with van der Waals surface area (Å²) in [6.45, 7) is 0.152. The number of H-pyrrole nitrogens is 1. The summed E-state index contributed by atoms with van der Waals surface area (Å²) in [6, 6.07) is 2.37. The smallest absolute Gasteiger partial charge is 0.265 e. The first-order valence-electron chi connectivity index (χ1n) is 4.42. The molecule has 0 aliphatic heterocycles. The lowest BCUT2D eigenvalue weighted by atomic mass is 10.4. The van der Waals surface area contributed by atoms with E-state index in [2.05, 4.69) is 15.1 Å². The maximum absolute atomic E-state index is 11.4. The molecule has 0 aliphatic rings. The maximum atomic E-state index is 11.4. The van der Waals surface area contributed by atoms with E-state index in [1.165, 1.54) is 24.5 Å². The number of aromatic nitrogens is 4. The van der Waals surface area contributed by atoms with Gasteiger partial charge in [0, 0.05) is 12.1 Å². The molecule has 0 saturated heterocycles. The molecule has 7 heteroatoms. The van der Waals surface area contributed by atoms with Gasteiger partial charge in [-0.3, -0.25) is 19.7 Å². The van der Waals surface area contributed by atoms with Crippen LogP contribution in [0.3, 0.4) is 0 Å². The van der Waals surface area contributed by atoms with Gasteiger partial charge < -0.3 is 0 Å². The molecule has 0 atom stereocenters. The summed E-state index contributed by atoms with van der Waals surface area (Å²) < 4.78 is 1.15. The van der Waals surface area contributed by atoms with Crippen LogP contribution in [-0.2, 0) is 6.54 Å². The van der Waals surface area contributed by atoms with Crippen molar-refractivity contribution in [3.63, 3.8) is 0 Å². The van der Waals surface area contributed by atoms with Crippen LogP contribution in [0, 0.1) is 0 Å². The van der Waals surface area contributed by atoms with Crippen molar-refractivity contribution >= 4 is 11.6 Å². The van der Waals surface area contributed by atoms with E-state index < -0.39 is 0 Å². The minimum Gasteiger partial charge on any atom is -0.268 e. The monoisotopic (exact) mass is 238 g/mol. The highest BCUT2D eigenvalue weighted by atomic mass is 35.5. The van der Waals surface area contributed by atoms with E-state index in [1.54, 1.807) is 0 Å². The lowest BCUT2D eigenvalue weighted by molar-refractivity contribution is 0.615. The number of nitrogens with zero attached hydrogens (tertiary/aromatic N) is 3. The molecule has 2 aromatic heterocycles. The molecule has 2 heterocycles. The summed E-state index contributed by atoms with van der Waals surface area (Å²) in [6.07, 6.45) is 2.82. The second-order valence-corrected chi connectivity index (χ2v) is 3.45. The quantitative estimate of drug-likeness (QED) is 0.800. The molecule has 0 radical (unpaired) electrons. The highest BCUT2D eigenvalue weighted by Crippen LogP contribution is 2.01. The van der Waals surface area contributed by atoms with Crippen molar-refractivity contribution in [2.45, 2.75) is 6.54 Å². The van der Waals surface area contributed by atoms with Crippen LogP contribution in [0.15, 0.2) is 34.1 Å². The van der Waals surface area contributed by atoms with Crippen LogP contribution < -0.4 is 11.1 Å². The fraction of sp³-hybridized carbons (Fsp3) is 0.111. The van der Waals surface area contributed by atoms with E-state index >= 15 is 0 Å². The van der Waals surface area contributed by atoms with Crippen LogP contribution in [0.25, 0.3) is 0 Å². The zero-order chi connectivity index (χ0) is 11.5. The molecule has 0 unspecified atom stereocenters. The van der Waals surface area contributed by atoms with Crippen LogP contribution >= 0.6 is 11.6 Å². The van der Waals surface area contributed by atoms with Gasteiger partial charge in [0.25, 0.3) is 11.1 Å². The van der Waals surface area contributed by atoms with Gasteiger partial charge in [-0.15, -0.1) is 0 Å². The normalized spacial score (nSPS) is 10.3. The Labute approximate surface area is 94.5 Å². The van der Waals surface area contributed by atoms with Gasteiger partial charge in [-0.25, -0.2) is 9.67 Å². The maximum Gasteiger partial charge on any atom is 0.265 e. The molecule has 0 spiro atoms. The molecule has 0 aromatic carbocycles. The number of rotatable bonds is 2. The minimum atomic E-state index is -0.346. The van der Waals surface area contributed by atoms with Crippen LogP contribution in [0.1, 0.15) is 5.69 Å². The third-order valence-corrected chi connectivity index (χ3v) is 2.08. The molecule has 1 N–H and O–H groups in total. The Balaban J connectivity index is 2.33. The third kappa shape index (κ3) is 2.34. The third-order valence-electron chi connectivity index (χ3n) is 1.88. The SMILES string of the molecule is O=c1ccc(=O)n(Cc2cnc(Cl)cn2)[nH]1. The van der Waals surface area contributed by atoms with E-state index in [0.717, 1.165) is 4.68 Å². The molecule has 6 nitrogen and oxygen atoms in total. The first-order valence-corrected chi connectivity index (χ1v) is 4.79. The summed E-state index contributed by atoms with van der Waals surface area (Å²) in [5, 5.41) is 2.66. The van der Waals surface area contributed by atoms with E-state index in [0.29, 0.717) is 5.69 Å². The van der Waals surface area contributed by atoms with Crippen LogP contribution in [0.2, 0.25) is 5.15 Å². The van der Waals surface area contributed by atoms with Gasteiger partial charge in [-0.1, -0.05) is 11.6 Å². The second kappa shape index (κ2) is 4.28. The molecule has 16 heavy (non-hydrogen) atoms. The fourth-order valence-corrected chi connectivity index (χ4v) is 1.26. The molecule has 82 valence electrons. The van der Waals surface area contributed by atoms with Crippen molar-refractivity contribution < 1.29 is 0 Å². The van der Waals surface area contributed by atoms with Gasteiger partial charge in [0.15, 0.2) is 0 Å². The predicted molar refractivity (Wildman–Crippen MR) is 57.5 cm³/mol. The van der Waals surface area contributed by atoms with Crippen molar-refractivity contribution in [1.82, 2.24) is 19.7 Å². The Morgan fingerprint density at radius 3 is 2.75 bits per heavy atom. The van der Waals surface area contributed by atoms with Gasteiger partial charge in [0.05, 0.1) is 24.6 Å². The van der Waals surface area contributed by atoms with Crippen molar-refractivity contribution in [2.75, 3.05) is 0 Å². The number of aromatic amines is 1. The van der Waals surface area contributed by atoms with Gasteiger partial charge in [-0.2, -0.15) is 0 Å². The average molecular weight is 239 g/mol. The Hall–Kier alpha value is -1.95. The van der Waals surface area contributed by atoms with Gasteiger partial charge >= 0.3 is 0 Å². The Morgan fingerprint density at radius 2 is 2.06 bits per heavy atom. The van der Waals surface area contributed by atoms with E-state index in [9.17, 15) is 9.59 Å². The molecular formula is C9H7ClN4O2. The first kappa shape index (κ1) is 10.6. The molecule has 0 bridgehead atoms. The number of hydrogen-bond donors (Lipinski definition) is 1. The standard InChI is InChI=1S/C9H7ClN4O2/c10-7-4-11-6(3-12-7)5-14-9(16)2-1-8(15)13-14/h1-4H,5H2,(H,13,15). The molecule has 0 amide bonds. The minimum absolute atomic E-state index is 0.152. The van der Waals surface area contributed by atoms with Gasteiger partial charge in [-0.05, 0) is 0 Å². The van der Waals surface area contributed by atoms with E-state index in [4.69, 9.17) is 11.6 Å². The summed E-state index contributed by atoms with van der Waals surface area (Å²) in [4.78, 5) is 30.2.